The lowest BCUT2D eigenvalue weighted by atomic mass is 10.3. The Balaban J connectivity index is 2.73. The number of rotatable bonds is 5. The first kappa shape index (κ1) is 12.2. The summed E-state index contributed by atoms with van der Waals surface area (Å²) in [4.78, 5) is 7.79. The number of hydrogen-bond donors (Lipinski definition) is 3. The minimum Gasteiger partial charge on any atom is -0.394 e. The summed E-state index contributed by atoms with van der Waals surface area (Å²) in [5, 5.41) is 12.0. The van der Waals surface area contributed by atoms with Gasteiger partial charge >= 0.3 is 0 Å². The predicted molar refractivity (Wildman–Crippen MR) is 60.5 cm³/mol. The van der Waals surface area contributed by atoms with Crippen LogP contribution in [0.5, 0.6) is 0 Å². The number of methoxy groups -OCH3 is 1. The fourth-order valence-electron chi connectivity index (χ4n) is 1.02. The molecule has 84 valence electrons. The Morgan fingerprint density at radius 1 is 1.73 bits per heavy atom. The number of aromatic nitrogens is 2. The van der Waals surface area contributed by atoms with Crippen LogP contribution in [0.25, 0.3) is 0 Å². The lowest BCUT2D eigenvalue weighted by Gasteiger charge is -2.16. The monoisotopic (exact) mass is 276 g/mol. The molecule has 1 heterocycles. The highest BCUT2D eigenvalue weighted by atomic mass is 79.9. The van der Waals surface area contributed by atoms with E-state index in [1.807, 2.05) is 0 Å². The molecule has 1 unspecified atom stereocenters. The quantitative estimate of drug-likeness (QED) is 0.714. The molecule has 0 aromatic carbocycles. The molecule has 1 aromatic heterocycles. The molecule has 0 amide bonds. The average molecular weight is 277 g/mol. The largest absolute Gasteiger partial charge is 0.394 e. The van der Waals surface area contributed by atoms with Crippen molar-refractivity contribution in [1.82, 2.24) is 9.97 Å². The van der Waals surface area contributed by atoms with Crippen LogP contribution in [0.15, 0.2) is 10.7 Å². The van der Waals surface area contributed by atoms with E-state index in [-0.39, 0.29) is 18.6 Å². The molecule has 0 spiro atoms. The lowest BCUT2D eigenvalue weighted by molar-refractivity contribution is 0.153. The molecule has 0 aliphatic carbocycles. The third-order valence-corrected chi connectivity index (χ3v) is 2.27. The second-order valence-corrected chi connectivity index (χ2v) is 3.76. The number of nitrogens with one attached hydrogen (secondary N) is 1. The molecule has 0 aliphatic rings. The first-order valence-corrected chi connectivity index (χ1v) is 5.11. The zero-order chi connectivity index (χ0) is 11.3. The van der Waals surface area contributed by atoms with Crippen molar-refractivity contribution in [1.29, 1.82) is 0 Å². The van der Waals surface area contributed by atoms with Gasteiger partial charge in [-0.1, -0.05) is 0 Å². The summed E-state index contributed by atoms with van der Waals surface area (Å²) >= 11 is 3.27. The van der Waals surface area contributed by atoms with Crippen molar-refractivity contribution in [3.05, 3.63) is 10.7 Å². The molecule has 1 rings (SSSR count). The van der Waals surface area contributed by atoms with Crippen LogP contribution >= 0.6 is 15.9 Å². The maximum Gasteiger partial charge on any atom is 0.221 e. The first-order valence-electron chi connectivity index (χ1n) is 4.31. The average Bonchev–Trinajstić information content (AvgIpc) is 2.22. The molecule has 0 radical (unpaired) electrons. The van der Waals surface area contributed by atoms with Gasteiger partial charge in [-0.15, -0.1) is 0 Å². The van der Waals surface area contributed by atoms with Gasteiger partial charge in [-0.05, 0) is 15.9 Å². The second kappa shape index (κ2) is 5.84. The number of nitrogen functional groups attached to an aromatic ring is 1. The number of nitrogens with two attached hydrogens (primary N) is 1. The predicted octanol–water partition coefficient (Wildman–Crippen LogP) is 0.240. The number of ether oxygens (including phenoxy) is 1. The SMILES string of the molecule is COCC(CO)Nc1nc(N)ncc1Br. The Morgan fingerprint density at radius 2 is 2.47 bits per heavy atom. The van der Waals surface area contributed by atoms with E-state index in [2.05, 4.69) is 31.2 Å². The molecular formula is C8H13BrN4O2. The first-order chi connectivity index (χ1) is 7.17. The van der Waals surface area contributed by atoms with Crippen LogP contribution in [0, 0.1) is 0 Å². The number of nitrogens with zero attached hydrogens (tertiary/aromatic N) is 2. The number of halogens is 1. The molecule has 0 fully saturated rings. The number of aliphatic hydroxyl groups is 1. The van der Waals surface area contributed by atoms with Crippen molar-refractivity contribution in [2.24, 2.45) is 0 Å². The summed E-state index contributed by atoms with van der Waals surface area (Å²) in [5.74, 6) is 0.716. The highest BCUT2D eigenvalue weighted by Gasteiger charge is 2.10. The molecule has 1 aromatic rings. The number of anilines is 2. The molecule has 6 nitrogen and oxygen atoms in total. The minimum absolute atomic E-state index is 0.0514. The van der Waals surface area contributed by atoms with E-state index < -0.39 is 0 Å². The van der Waals surface area contributed by atoms with Gasteiger partial charge in [-0.2, -0.15) is 4.98 Å². The summed E-state index contributed by atoms with van der Waals surface area (Å²) in [5.41, 5.74) is 5.44. The summed E-state index contributed by atoms with van der Waals surface area (Å²) in [7, 11) is 1.56. The maximum atomic E-state index is 9.05. The minimum atomic E-state index is -0.222. The topological polar surface area (TPSA) is 93.3 Å². The van der Waals surface area contributed by atoms with Crippen LogP contribution in [0.3, 0.4) is 0 Å². The molecule has 0 saturated carbocycles. The maximum absolute atomic E-state index is 9.05. The lowest BCUT2D eigenvalue weighted by Crippen LogP contribution is -2.29. The van der Waals surface area contributed by atoms with Gasteiger partial charge in [0.1, 0.15) is 5.82 Å². The van der Waals surface area contributed by atoms with Gasteiger partial charge in [-0.3, -0.25) is 0 Å². The number of aliphatic hydroxyl groups excluding tert-OH is 1. The normalized spacial score (nSPS) is 12.5. The fraction of sp³-hybridized carbons (Fsp3) is 0.500. The van der Waals surface area contributed by atoms with Crippen molar-refractivity contribution < 1.29 is 9.84 Å². The molecule has 0 saturated heterocycles. The third kappa shape index (κ3) is 3.61. The van der Waals surface area contributed by atoms with Gasteiger partial charge in [0.25, 0.3) is 0 Å². The summed E-state index contributed by atoms with van der Waals surface area (Å²) in [6.45, 7) is 0.330. The van der Waals surface area contributed by atoms with Crippen LogP contribution in [-0.2, 0) is 4.74 Å². The van der Waals surface area contributed by atoms with Crippen molar-refractivity contribution in [3.8, 4) is 0 Å². The molecular weight excluding hydrogens is 264 g/mol. The van der Waals surface area contributed by atoms with Gasteiger partial charge in [0.05, 0.1) is 23.7 Å². The zero-order valence-corrected chi connectivity index (χ0v) is 9.86. The highest BCUT2D eigenvalue weighted by molar-refractivity contribution is 9.10. The van der Waals surface area contributed by atoms with Crippen LogP contribution in [-0.4, -0.2) is 41.4 Å². The van der Waals surface area contributed by atoms with Crippen molar-refractivity contribution in [2.75, 3.05) is 31.4 Å². The van der Waals surface area contributed by atoms with Crippen LogP contribution in [0.4, 0.5) is 11.8 Å². The fourth-order valence-corrected chi connectivity index (χ4v) is 1.32. The molecule has 4 N–H and O–H groups in total. The van der Waals surface area contributed by atoms with Crippen LogP contribution in [0.1, 0.15) is 0 Å². The summed E-state index contributed by atoms with van der Waals surface area (Å²) < 4.78 is 5.61. The standard InChI is InChI=1S/C8H13BrN4O2/c1-15-4-5(3-14)12-7-6(9)2-11-8(10)13-7/h2,5,14H,3-4H2,1H3,(H3,10,11,12,13). The van der Waals surface area contributed by atoms with E-state index in [9.17, 15) is 0 Å². The van der Waals surface area contributed by atoms with E-state index in [1.54, 1.807) is 13.3 Å². The van der Waals surface area contributed by atoms with Gasteiger partial charge in [0.2, 0.25) is 5.95 Å². The van der Waals surface area contributed by atoms with Crippen LogP contribution < -0.4 is 11.1 Å². The molecule has 15 heavy (non-hydrogen) atoms. The Morgan fingerprint density at radius 3 is 3.07 bits per heavy atom. The van der Waals surface area contributed by atoms with E-state index in [0.29, 0.717) is 16.9 Å². The molecule has 1 atom stereocenters. The Kier molecular flexibility index (Phi) is 4.73. The summed E-state index contributed by atoms with van der Waals surface area (Å²) in [6.07, 6.45) is 1.55. The Labute approximate surface area is 96.0 Å². The van der Waals surface area contributed by atoms with Gasteiger partial charge < -0.3 is 20.9 Å². The van der Waals surface area contributed by atoms with E-state index >= 15 is 0 Å². The van der Waals surface area contributed by atoms with E-state index in [0.717, 1.165) is 0 Å². The Hall–Kier alpha value is -0.920. The number of hydrogen-bond acceptors (Lipinski definition) is 6. The third-order valence-electron chi connectivity index (χ3n) is 1.69. The second-order valence-electron chi connectivity index (χ2n) is 2.90. The Bertz CT molecular complexity index is 324. The molecule has 0 aliphatic heterocycles. The van der Waals surface area contributed by atoms with Crippen molar-refractivity contribution in [3.63, 3.8) is 0 Å². The smallest absolute Gasteiger partial charge is 0.221 e. The van der Waals surface area contributed by atoms with Gasteiger partial charge in [0.15, 0.2) is 0 Å². The zero-order valence-electron chi connectivity index (χ0n) is 8.27. The summed E-state index contributed by atoms with van der Waals surface area (Å²) in [6, 6.07) is -0.222. The van der Waals surface area contributed by atoms with E-state index in [1.165, 1.54) is 0 Å². The van der Waals surface area contributed by atoms with Gasteiger partial charge in [-0.25, -0.2) is 4.98 Å². The van der Waals surface area contributed by atoms with Gasteiger partial charge in [0, 0.05) is 13.3 Å². The molecule has 7 heteroatoms. The van der Waals surface area contributed by atoms with E-state index in [4.69, 9.17) is 15.6 Å². The van der Waals surface area contributed by atoms with Crippen LogP contribution in [0.2, 0.25) is 0 Å². The molecule has 0 bridgehead atoms. The highest BCUT2D eigenvalue weighted by Crippen LogP contribution is 2.19. The van der Waals surface area contributed by atoms with Crippen molar-refractivity contribution in [2.45, 2.75) is 6.04 Å². The van der Waals surface area contributed by atoms with Crippen molar-refractivity contribution >= 4 is 27.7 Å².